The van der Waals surface area contributed by atoms with Crippen molar-refractivity contribution in [1.82, 2.24) is 14.8 Å². The van der Waals surface area contributed by atoms with E-state index in [1.54, 1.807) is 41.8 Å². The summed E-state index contributed by atoms with van der Waals surface area (Å²) in [6.07, 6.45) is -4.59. The van der Waals surface area contributed by atoms with Crippen LogP contribution in [0.15, 0.2) is 60.0 Å². The number of nitrogens with zero attached hydrogens (tertiary/aromatic N) is 3. The normalized spacial score (nSPS) is 11.5. The number of halogens is 3. The summed E-state index contributed by atoms with van der Waals surface area (Å²) in [5, 5.41) is 5.95. The molecule has 0 spiro atoms. The molecule has 0 saturated heterocycles. The van der Waals surface area contributed by atoms with Crippen LogP contribution in [0, 0.1) is 6.92 Å². The summed E-state index contributed by atoms with van der Waals surface area (Å²) in [7, 11) is 0. The third-order valence-electron chi connectivity index (χ3n) is 4.43. The molecule has 0 unspecified atom stereocenters. The molecule has 4 rings (SSSR count). The van der Waals surface area contributed by atoms with E-state index < -0.39 is 17.8 Å². The summed E-state index contributed by atoms with van der Waals surface area (Å²) in [4.78, 5) is 15.4. The molecule has 0 radical (unpaired) electrons. The van der Waals surface area contributed by atoms with Crippen LogP contribution in [0.25, 0.3) is 27.6 Å². The Bertz CT molecular complexity index is 1230. The smallest absolute Gasteiger partial charge is 0.427 e. The maximum atomic E-state index is 13.7. The lowest BCUT2D eigenvalue weighted by Crippen LogP contribution is -2.13. The minimum absolute atomic E-state index is 0.102. The number of rotatable bonds is 4. The topological polar surface area (TPSA) is 57.0 Å². The van der Waals surface area contributed by atoms with Gasteiger partial charge in [-0.15, -0.1) is 11.3 Å². The van der Waals surface area contributed by atoms with Gasteiger partial charge >= 0.3 is 12.1 Å². The molecule has 4 aromatic rings. The van der Waals surface area contributed by atoms with Crippen molar-refractivity contribution in [2.45, 2.75) is 20.0 Å². The molecule has 0 saturated carbocycles. The van der Waals surface area contributed by atoms with Gasteiger partial charge in [-0.2, -0.15) is 18.3 Å². The molecule has 0 N–H and O–H groups in total. The number of alkyl halides is 3. The SMILES string of the molecule is CC(=O)Oc1ccc(-c2csc(-n3nc(-c4ccc(C)cc4)cc3C(F)(F)F)n2)cc1. The molecule has 0 bridgehead atoms. The number of aromatic nitrogens is 3. The van der Waals surface area contributed by atoms with Crippen LogP contribution in [-0.4, -0.2) is 20.7 Å². The number of benzene rings is 2. The van der Waals surface area contributed by atoms with Crippen molar-refractivity contribution < 1.29 is 22.7 Å². The molecule has 0 atom stereocenters. The predicted octanol–water partition coefficient (Wildman–Crippen LogP) is 5.92. The first-order chi connectivity index (χ1) is 14.7. The standard InChI is InChI=1S/C22H16F3N3O2S/c1-13-3-5-15(6-4-13)18-11-20(22(23,24)25)28(27-18)21-26-19(12-31-21)16-7-9-17(10-8-16)30-14(2)29/h3-12H,1-2H3. The Hall–Kier alpha value is -3.46. The molecule has 2 aromatic carbocycles. The van der Waals surface area contributed by atoms with E-state index in [1.165, 1.54) is 6.92 Å². The van der Waals surface area contributed by atoms with E-state index in [0.717, 1.165) is 27.6 Å². The van der Waals surface area contributed by atoms with E-state index in [1.807, 2.05) is 19.1 Å². The largest absolute Gasteiger partial charge is 0.433 e. The van der Waals surface area contributed by atoms with E-state index in [0.29, 0.717) is 22.6 Å². The van der Waals surface area contributed by atoms with Gasteiger partial charge < -0.3 is 4.74 Å². The quantitative estimate of drug-likeness (QED) is 0.290. The Morgan fingerprint density at radius 3 is 2.23 bits per heavy atom. The molecule has 0 fully saturated rings. The summed E-state index contributed by atoms with van der Waals surface area (Å²) in [5.74, 6) is -0.0627. The molecule has 2 aromatic heterocycles. The van der Waals surface area contributed by atoms with Crippen molar-refractivity contribution >= 4 is 17.3 Å². The van der Waals surface area contributed by atoms with Crippen LogP contribution in [0.2, 0.25) is 0 Å². The highest BCUT2D eigenvalue weighted by Gasteiger charge is 2.37. The Morgan fingerprint density at radius 2 is 1.61 bits per heavy atom. The second-order valence-electron chi connectivity index (χ2n) is 6.82. The van der Waals surface area contributed by atoms with Crippen molar-refractivity contribution in [2.75, 3.05) is 0 Å². The maximum Gasteiger partial charge on any atom is 0.433 e. The van der Waals surface area contributed by atoms with Crippen LogP contribution >= 0.6 is 11.3 Å². The molecular weight excluding hydrogens is 427 g/mol. The molecule has 0 aliphatic heterocycles. The third kappa shape index (κ3) is 4.51. The zero-order chi connectivity index (χ0) is 22.2. The summed E-state index contributed by atoms with van der Waals surface area (Å²) >= 11 is 1.06. The van der Waals surface area contributed by atoms with Crippen LogP contribution in [0.4, 0.5) is 13.2 Å². The van der Waals surface area contributed by atoms with Gasteiger partial charge in [-0.05, 0) is 37.3 Å². The highest BCUT2D eigenvalue weighted by molar-refractivity contribution is 7.12. The van der Waals surface area contributed by atoms with Crippen molar-refractivity contribution in [3.63, 3.8) is 0 Å². The number of hydrogen-bond acceptors (Lipinski definition) is 5. The highest BCUT2D eigenvalue weighted by atomic mass is 32.1. The summed E-state index contributed by atoms with van der Waals surface area (Å²) in [6.45, 7) is 3.20. The summed E-state index contributed by atoms with van der Waals surface area (Å²) in [5.41, 5.74) is 2.09. The fourth-order valence-corrected chi connectivity index (χ4v) is 3.74. The van der Waals surface area contributed by atoms with Crippen LogP contribution in [-0.2, 0) is 11.0 Å². The first-order valence-electron chi connectivity index (χ1n) is 9.20. The van der Waals surface area contributed by atoms with Gasteiger partial charge in [0.2, 0.25) is 5.13 Å². The second-order valence-corrected chi connectivity index (χ2v) is 7.66. The molecule has 0 aliphatic carbocycles. The van der Waals surface area contributed by atoms with Gasteiger partial charge in [-0.1, -0.05) is 29.8 Å². The molecule has 0 aliphatic rings. The van der Waals surface area contributed by atoms with Crippen molar-refractivity contribution in [3.05, 3.63) is 71.2 Å². The average Bonchev–Trinajstić information content (AvgIpc) is 3.36. The lowest BCUT2D eigenvalue weighted by atomic mass is 10.1. The van der Waals surface area contributed by atoms with Gasteiger partial charge in [0.05, 0.1) is 11.4 Å². The Balaban J connectivity index is 1.70. The number of ether oxygens (including phenoxy) is 1. The van der Waals surface area contributed by atoms with E-state index in [9.17, 15) is 18.0 Å². The van der Waals surface area contributed by atoms with Crippen molar-refractivity contribution in [3.8, 4) is 33.4 Å². The zero-order valence-corrected chi connectivity index (χ0v) is 17.3. The highest BCUT2D eigenvalue weighted by Crippen LogP contribution is 2.35. The molecule has 9 heteroatoms. The predicted molar refractivity (Wildman–Crippen MR) is 111 cm³/mol. The first kappa shape index (κ1) is 20.8. The molecule has 158 valence electrons. The lowest BCUT2D eigenvalue weighted by molar-refractivity contribution is -0.142. The minimum atomic E-state index is -4.59. The lowest BCUT2D eigenvalue weighted by Gasteiger charge is -2.07. The van der Waals surface area contributed by atoms with Crippen LogP contribution in [0.3, 0.4) is 0 Å². The molecule has 5 nitrogen and oxygen atoms in total. The first-order valence-corrected chi connectivity index (χ1v) is 10.1. The van der Waals surface area contributed by atoms with E-state index in [2.05, 4.69) is 10.1 Å². The fraction of sp³-hybridized carbons (Fsp3) is 0.136. The summed E-state index contributed by atoms with van der Waals surface area (Å²) < 4.78 is 46.9. The monoisotopic (exact) mass is 443 g/mol. The van der Waals surface area contributed by atoms with Gasteiger partial charge in [0.15, 0.2) is 5.69 Å². The van der Waals surface area contributed by atoms with Gasteiger partial charge in [0, 0.05) is 23.4 Å². The van der Waals surface area contributed by atoms with Crippen molar-refractivity contribution in [2.24, 2.45) is 0 Å². The Kier molecular flexibility index (Phi) is 5.36. The molecular formula is C22H16F3N3O2S. The fourth-order valence-electron chi connectivity index (χ4n) is 2.95. The number of esters is 1. The van der Waals surface area contributed by atoms with Crippen molar-refractivity contribution in [1.29, 1.82) is 0 Å². The Labute approximate surface area is 179 Å². The second kappa shape index (κ2) is 7.99. The molecule has 31 heavy (non-hydrogen) atoms. The van der Waals surface area contributed by atoms with E-state index in [4.69, 9.17) is 4.74 Å². The number of carbonyl (C=O) groups is 1. The zero-order valence-electron chi connectivity index (χ0n) is 16.5. The van der Waals surface area contributed by atoms with E-state index in [-0.39, 0.29) is 10.8 Å². The minimum Gasteiger partial charge on any atom is -0.427 e. The Morgan fingerprint density at radius 1 is 1.00 bits per heavy atom. The maximum absolute atomic E-state index is 13.7. The van der Waals surface area contributed by atoms with Gasteiger partial charge in [0.25, 0.3) is 0 Å². The van der Waals surface area contributed by atoms with Gasteiger partial charge in [-0.25, -0.2) is 9.67 Å². The van der Waals surface area contributed by atoms with Crippen LogP contribution in [0.1, 0.15) is 18.2 Å². The summed E-state index contributed by atoms with van der Waals surface area (Å²) in [6, 6.07) is 14.7. The van der Waals surface area contributed by atoms with Gasteiger partial charge in [0.1, 0.15) is 5.75 Å². The molecule has 0 amide bonds. The van der Waals surface area contributed by atoms with Crippen LogP contribution < -0.4 is 4.74 Å². The molecule has 2 heterocycles. The average molecular weight is 443 g/mol. The number of carbonyl (C=O) groups excluding carboxylic acids is 1. The van der Waals surface area contributed by atoms with Crippen LogP contribution in [0.5, 0.6) is 5.75 Å². The van der Waals surface area contributed by atoms with Gasteiger partial charge in [-0.3, -0.25) is 4.79 Å². The number of aryl methyl sites for hydroxylation is 1. The van der Waals surface area contributed by atoms with E-state index >= 15 is 0 Å². The number of thiazole rings is 1. The third-order valence-corrected chi connectivity index (χ3v) is 5.25. The number of hydrogen-bond donors (Lipinski definition) is 0.